The fourth-order valence-electron chi connectivity index (χ4n) is 2.27. The monoisotopic (exact) mass is 318 g/mol. The first kappa shape index (κ1) is 15.5. The number of nitrogen functional groups attached to an aromatic ring is 1. The molecular weight excluding hydrogens is 296 g/mol. The van der Waals surface area contributed by atoms with Crippen LogP contribution in [0.25, 0.3) is 0 Å². The van der Waals surface area contributed by atoms with Crippen LogP contribution in [0.15, 0.2) is 4.90 Å². The summed E-state index contributed by atoms with van der Waals surface area (Å²) >= 11 is 1.87. The highest BCUT2D eigenvalue weighted by atomic mass is 32.2. The number of hydrogen-bond acceptors (Lipinski definition) is 6. The molecule has 0 aliphatic carbocycles. The van der Waals surface area contributed by atoms with E-state index < -0.39 is 9.84 Å². The van der Waals surface area contributed by atoms with E-state index in [0.717, 1.165) is 24.6 Å². The standard InChI is InChI=1S/C12H22N4O2S2/c1-9(2)8-16-11(13)10(20(3,17)18)12(14-16)15-4-6-19-7-5-15/h9H,4-8,13H2,1-3H3. The molecule has 1 aliphatic rings. The van der Waals surface area contributed by atoms with Crippen molar-refractivity contribution in [2.75, 3.05) is 41.5 Å². The maximum Gasteiger partial charge on any atom is 0.182 e. The van der Waals surface area contributed by atoms with Gasteiger partial charge in [-0.05, 0) is 5.92 Å². The van der Waals surface area contributed by atoms with Crippen molar-refractivity contribution in [3.8, 4) is 0 Å². The van der Waals surface area contributed by atoms with Crippen LogP contribution < -0.4 is 10.6 Å². The molecule has 0 bridgehead atoms. The van der Waals surface area contributed by atoms with Gasteiger partial charge in [0.15, 0.2) is 20.6 Å². The van der Waals surface area contributed by atoms with Gasteiger partial charge in [-0.1, -0.05) is 13.8 Å². The second kappa shape index (κ2) is 5.85. The van der Waals surface area contributed by atoms with E-state index in [1.165, 1.54) is 6.26 Å². The van der Waals surface area contributed by atoms with Crippen LogP contribution in [-0.2, 0) is 16.4 Å². The Morgan fingerprint density at radius 1 is 1.35 bits per heavy atom. The molecule has 114 valence electrons. The lowest BCUT2D eigenvalue weighted by Gasteiger charge is -2.26. The fourth-order valence-corrected chi connectivity index (χ4v) is 4.16. The van der Waals surface area contributed by atoms with Gasteiger partial charge in [0, 0.05) is 37.4 Å². The molecule has 0 radical (unpaired) electrons. The van der Waals surface area contributed by atoms with Gasteiger partial charge in [-0.15, -0.1) is 0 Å². The van der Waals surface area contributed by atoms with Gasteiger partial charge in [-0.3, -0.25) is 0 Å². The summed E-state index contributed by atoms with van der Waals surface area (Å²) in [6.45, 7) is 6.35. The van der Waals surface area contributed by atoms with Crippen molar-refractivity contribution in [3.05, 3.63) is 0 Å². The van der Waals surface area contributed by atoms with Gasteiger partial charge >= 0.3 is 0 Å². The van der Waals surface area contributed by atoms with Crippen LogP contribution in [0, 0.1) is 5.92 Å². The largest absolute Gasteiger partial charge is 0.383 e. The Balaban J connectivity index is 2.48. The van der Waals surface area contributed by atoms with Gasteiger partial charge in [-0.25, -0.2) is 13.1 Å². The summed E-state index contributed by atoms with van der Waals surface area (Å²) in [5.41, 5.74) is 6.03. The van der Waals surface area contributed by atoms with E-state index in [1.807, 2.05) is 16.7 Å². The Hall–Kier alpha value is -0.890. The van der Waals surface area contributed by atoms with Crippen LogP contribution in [0.2, 0.25) is 0 Å². The van der Waals surface area contributed by atoms with Gasteiger partial charge in [0.1, 0.15) is 5.82 Å². The Bertz CT molecular complexity index is 575. The molecule has 1 aromatic rings. The first-order chi connectivity index (χ1) is 9.30. The Morgan fingerprint density at radius 2 is 1.95 bits per heavy atom. The highest BCUT2D eigenvalue weighted by Gasteiger charge is 2.28. The van der Waals surface area contributed by atoms with Gasteiger partial charge < -0.3 is 10.6 Å². The summed E-state index contributed by atoms with van der Waals surface area (Å²) in [6, 6.07) is 0. The fraction of sp³-hybridized carbons (Fsp3) is 0.750. The quantitative estimate of drug-likeness (QED) is 0.894. The molecule has 0 aromatic carbocycles. The third-order valence-electron chi connectivity index (χ3n) is 3.15. The average Bonchev–Trinajstić information content (AvgIpc) is 2.67. The molecule has 0 amide bonds. The first-order valence-electron chi connectivity index (χ1n) is 6.69. The Morgan fingerprint density at radius 3 is 2.45 bits per heavy atom. The van der Waals surface area contributed by atoms with E-state index in [0.29, 0.717) is 18.3 Å². The van der Waals surface area contributed by atoms with Crippen LogP contribution in [0.3, 0.4) is 0 Å². The van der Waals surface area contributed by atoms with Gasteiger partial charge in [0.05, 0.1) is 0 Å². The molecule has 2 rings (SSSR count). The number of anilines is 2. The normalized spacial score (nSPS) is 16.9. The van der Waals surface area contributed by atoms with Gasteiger partial charge in [-0.2, -0.15) is 16.9 Å². The Kier molecular flexibility index (Phi) is 4.53. The predicted octanol–water partition coefficient (Wildman–Crippen LogP) is 1.08. The van der Waals surface area contributed by atoms with Crippen molar-refractivity contribution < 1.29 is 8.42 Å². The number of nitrogens with zero attached hydrogens (tertiary/aromatic N) is 3. The molecule has 0 spiro atoms. The summed E-state index contributed by atoms with van der Waals surface area (Å²) in [5.74, 6) is 3.11. The zero-order valence-corrected chi connectivity index (χ0v) is 13.8. The number of aromatic nitrogens is 2. The zero-order valence-electron chi connectivity index (χ0n) is 12.2. The summed E-state index contributed by atoms with van der Waals surface area (Å²) in [6.07, 6.45) is 1.20. The van der Waals surface area contributed by atoms with Crippen LogP contribution in [0.5, 0.6) is 0 Å². The minimum absolute atomic E-state index is 0.185. The molecule has 6 nitrogen and oxygen atoms in total. The van der Waals surface area contributed by atoms with Crippen molar-refractivity contribution in [1.29, 1.82) is 0 Å². The molecule has 2 heterocycles. The van der Waals surface area contributed by atoms with Crippen LogP contribution in [-0.4, -0.2) is 49.0 Å². The number of sulfone groups is 1. The molecule has 8 heteroatoms. The molecule has 20 heavy (non-hydrogen) atoms. The lowest BCUT2D eigenvalue weighted by atomic mass is 10.2. The molecule has 1 aliphatic heterocycles. The minimum atomic E-state index is -3.39. The maximum atomic E-state index is 12.1. The second-order valence-electron chi connectivity index (χ2n) is 5.49. The van der Waals surface area contributed by atoms with Crippen molar-refractivity contribution in [1.82, 2.24) is 9.78 Å². The van der Waals surface area contributed by atoms with Crippen molar-refractivity contribution >= 4 is 33.2 Å². The second-order valence-corrected chi connectivity index (χ2v) is 8.66. The highest BCUT2D eigenvalue weighted by Crippen LogP contribution is 2.31. The molecule has 0 unspecified atom stereocenters. The van der Waals surface area contributed by atoms with E-state index in [2.05, 4.69) is 18.9 Å². The number of nitrogens with two attached hydrogens (primary N) is 1. The topological polar surface area (TPSA) is 81.2 Å². The lowest BCUT2D eigenvalue weighted by molar-refractivity contribution is 0.487. The van der Waals surface area contributed by atoms with Gasteiger partial charge in [0.25, 0.3) is 0 Å². The van der Waals surface area contributed by atoms with Gasteiger partial charge in [0.2, 0.25) is 0 Å². The highest BCUT2D eigenvalue weighted by molar-refractivity contribution is 7.99. The van der Waals surface area contributed by atoms with E-state index in [9.17, 15) is 8.42 Å². The summed E-state index contributed by atoms with van der Waals surface area (Å²) in [5, 5.41) is 4.47. The minimum Gasteiger partial charge on any atom is -0.383 e. The predicted molar refractivity (Wildman–Crippen MR) is 84.1 cm³/mol. The SMILES string of the molecule is CC(C)Cn1nc(N2CCSCC2)c(S(C)(=O)=O)c1N. The van der Waals surface area contributed by atoms with Crippen LogP contribution >= 0.6 is 11.8 Å². The third kappa shape index (κ3) is 3.22. The molecule has 0 atom stereocenters. The summed E-state index contributed by atoms with van der Waals surface area (Å²) in [7, 11) is -3.39. The van der Waals surface area contributed by atoms with E-state index in [4.69, 9.17) is 5.73 Å². The molecule has 2 N–H and O–H groups in total. The third-order valence-corrected chi connectivity index (χ3v) is 5.22. The van der Waals surface area contributed by atoms with Crippen LogP contribution in [0.4, 0.5) is 11.6 Å². The van der Waals surface area contributed by atoms with Crippen molar-refractivity contribution in [2.45, 2.75) is 25.3 Å². The smallest absolute Gasteiger partial charge is 0.182 e. The van der Waals surface area contributed by atoms with E-state index in [1.54, 1.807) is 4.68 Å². The van der Waals surface area contributed by atoms with Crippen LogP contribution in [0.1, 0.15) is 13.8 Å². The number of hydrogen-bond donors (Lipinski definition) is 1. The maximum absolute atomic E-state index is 12.1. The zero-order chi connectivity index (χ0) is 14.9. The molecule has 1 aromatic heterocycles. The number of thioether (sulfide) groups is 1. The molecule has 0 saturated carbocycles. The van der Waals surface area contributed by atoms with E-state index >= 15 is 0 Å². The number of rotatable bonds is 4. The molecule has 1 saturated heterocycles. The van der Waals surface area contributed by atoms with Crippen molar-refractivity contribution in [2.24, 2.45) is 5.92 Å². The lowest BCUT2D eigenvalue weighted by Crippen LogP contribution is -2.33. The summed E-state index contributed by atoms with van der Waals surface area (Å²) in [4.78, 5) is 2.21. The van der Waals surface area contributed by atoms with E-state index in [-0.39, 0.29) is 10.7 Å². The van der Waals surface area contributed by atoms with Crippen molar-refractivity contribution in [3.63, 3.8) is 0 Å². The first-order valence-corrected chi connectivity index (χ1v) is 9.74. The summed E-state index contributed by atoms with van der Waals surface area (Å²) < 4.78 is 25.7. The molecular formula is C12H22N4O2S2. The average molecular weight is 318 g/mol. The Labute approximate surface area is 124 Å². The molecule has 1 fully saturated rings.